The minimum absolute atomic E-state index is 0.137. The summed E-state index contributed by atoms with van der Waals surface area (Å²) in [6, 6.07) is 14.8. The van der Waals surface area contributed by atoms with Crippen LogP contribution < -0.4 is 5.32 Å². The SMILES string of the molecule is CCc1ccccc1NC(=O)N1CCCCC1c1nc(-c2ccc(Cl)cc2)no1. The summed E-state index contributed by atoms with van der Waals surface area (Å²) in [4.78, 5) is 19.4. The van der Waals surface area contributed by atoms with E-state index in [-0.39, 0.29) is 12.1 Å². The van der Waals surface area contributed by atoms with Crippen molar-refractivity contribution in [2.24, 2.45) is 0 Å². The third-order valence-corrected chi connectivity index (χ3v) is 5.48. The van der Waals surface area contributed by atoms with Crippen molar-refractivity contribution in [1.82, 2.24) is 15.0 Å². The van der Waals surface area contributed by atoms with Gasteiger partial charge in [-0.2, -0.15) is 4.98 Å². The van der Waals surface area contributed by atoms with Crippen LogP contribution in [0, 0.1) is 0 Å². The number of aromatic nitrogens is 2. The molecule has 29 heavy (non-hydrogen) atoms. The summed E-state index contributed by atoms with van der Waals surface area (Å²) in [6.07, 6.45) is 3.62. The van der Waals surface area contributed by atoms with Crippen LogP contribution in [0.2, 0.25) is 5.02 Å². The number of benzene rings is 2. The first-order chi connectivity index (χ1) is 14.2. The summed E-state index contributed by atoms with van der Waals surface area (Å²) in [6.45, 7) is 2.73. The van der Waals surface area contributed by atoms with Gasteiger partial charge in [-0.05, 0) is 61.6 Å². The van der Waals surface area contributed by atoms with E-state index in [9.17, 15) is 4.79 Å². The molecule has 1 unspecified atom stereocenters. The Bertz CT molecular complexity index is 986. The first-order valence-corrected chi connectivity index (χ1v) is 10.3. The number of hydrogen-bond donors (Lipinski definition) is 1. The van der Waals surface area contributed by atoms with Gasteiger partial charge in [0.1, 0.15) is 6.04 Å². The molecule has 0 aliphatic carbocycles. The number of piperidine rings is 1. The van der Waals surface area contributed by atoms with E-state index in [4.69, 9.17) is 16.1 Å². The third kappa shape index (κ3) is 4.27. The van der Waals surface area contributed by atoms with Crippen LogP contribution in [0.25, 0.3) is 11.4 Å². The van der Waals surface area contributed by atoms with E-state index in [1.807, 2.05) is 36.4 Å². The van der Waals surface area contributed by atoms with E-state index in [1.54, 1.807) is 17.0 Å². The first kappa shape index (κ1) is 19.5. The lowest BCUT2D eigenvalue weighted by atomic mass is 10.0. The van der Waals surface area contributed by atoms with Crippen LogP contribution in [-0.2, 0) is 6.42 Å². The van der Waals surface area contributed by atoms with Gasteiger partial charge in [0.15, 0.2) is 0 Å². The molecule has 1 aliphatic rings. The molecule has 2 aromatic carbocycles. The standard InChI is InChI=1S/C22H23ClN4O2/c1-2-15-7-3-4-8-18(15)24-22(28)27-14-6-5-9-19(27)21-25-20(26-29-21)16-10-12-17(23)13-11-16/h3-4,7-8,10-13,19H,2,5-6,9,14H2,1H3,(H,24,28). The lowest BCUT2D eigenvalue weighted by molar-refractivity contribution is 0.142. The molecule has 0 radical (unpaired) electrons. The summed E-state index contributed by atoms with van der Waals surface area (Å²) in [7, 11) is 0. The molecule has 0 saturated carbocycles. The summed E-state index contributed by atoms with van der Waals surface area (Å²) in [5.41, 5.74) is 2.78. The molecule has 2 heterocycles. The molecule has 1 aliphatic heterocycles. The second-order valence-electron chi connectivity index (χ2n) is 7.11. The van der Waals surface area contributed by atoms with Gasteiger partial charge >= 0.3 is 6.03 Å². The molecule has 1 fully saturated rings. The lowest BCUT2D eigenvalue weighted by Crippen LogP contribution is -2.41. The Balaban J connectivity index is 1.54. The van der Waals surface area contributed by atoms with Crippen molar-refractivity contribution in [2.45, 2.75) is 38.6 Å². The first-order valence-electron chi connectivity index (χ1n) is 9.90. The summed E-state index contributed by atoms with van der Waals surface area (Å²) < 4.78 is 5.55. The number of carbonyl (C=O) groups excluding carboxylic acids is 1. The van der Waals surface area contributed by atoms with E-state index in [2.05, 4.69) is 22.4 Å². The van der Waals surface area contributed by atoms with Crippen LogP contribution in [0.15, 0.2) is 53.1 Å². The average Bonchev–Trinajstić information content (AvgIpc) is 3.25. The Morgan fingerprint density at radius 1 is 1.21 bits per heavy atom. The number of nitrogens with zero attached hydrogens (tertiary/aromatic N) is 3. The number of carbonyl (C=O) groups is 1. The molecule has 1 atom stereocenters. The summed E-state index contributed by atoms with van der Waals surface area (Å²) >= 11 is 5.95. The van der Waals surface area contributed by atoms with Crippen molar-refractivity contribution >= 4 is 23.3 Å². The fourth-order valence-corrected chi connectivity index (χ4v) is 3.78. The second-order valence-corrected chi connectivity index (χ2v) is 7.55. The highest BCUT2D eigenvalue weighted by atomic mass is 35.5. The Morgan fingerprint density at radius 3 is 2.79 bits per heavy atom. The van der Waals surface area contributed by atoms with Crippen LogP contribution >= 0.6 is 11.6 Å². The van der Waals surface area contributed by atoms with Gasteiger partial charge in [-0.25, -0.2) is 4.79 Å². The number of aryl methyl sites for hydroxylation is 1. The van der Waals surface area contributed by atoms with Crippen molar-refractivity contribution in [2.75, 3.05) is 11.9 Å². The smallest absolute Gasteiger partial charge is 0.322 e. The van der Waals surface area contributed by atoms with Crippen LogP contribution in [0.1, 0.15) is 43.7 Å². The Labute approximate surface area is 174 Å². The molecule has 7 heteroatoms. The minimum Gasteiger partial charge on any atom is -0.337 e. The number of amides is 2. The van der Waals surface area contributed by atoms with E-state index < -0.39 is 0 Å². The molecule has 1 saturated heterocycles. The summed E-state index contributed by atoms with van der Waals surface area (Å²) in [5, 5.41) is 7.82. The number of anilines is 1. The number of para-hydroxylation sites is 1. The minimum atomic E-state index is -0.230. The molecule has 150 valence electrons. The molecule has 1 aromatic heterocycles. The molecular weight excluding hydrogens is 388 g/mol. The lowest BCUT2D eigenvalue weighted by Gasteiger charge is -2.33. The summed E-state index contributed by atoms with van der Waals surface area (Å²) in [5.74, 6) is 0.965. The molecule has 1 N–H and O–H groups in total. The highest BCUT2D eigenvalue weighted by Gasteiger charge is 2.32. The highest BCUT2D eigenvalue weighted by Crippen LogP contribution is 2.32. The zero-order valence-electron chi connectivity index (χ0n) is 16.3. The Morgan fingerprint density at radius 2 is 2.00 bits per heavy atom. The maximum absolute atomic E-state index is 13.0. The monoisotopic (exact) mass is 410 g/mol. The van der Waals surface area contributed by atoms with Gasteiger partial charge in [0.2, 0.25) is 11.7 Å². The average molecular weight is 411 g/mol. The quantitative estimate of drug-likeness (QED) is 0.597. The van der Waals surface area contributed by atoms with Crippen molar-refractivity contribution in [1.29, 1.82) is 0 Å². The Kier molecular flexibility index (Phi) is 5.81. The maximum Gasteiger partial charge on any atom is 0.322 e. The number of hydrogen-bond acceptors (Lipinski definition) is 4. The fourth-order valence-electron chi connectivity index (χ4n) is 3.66. The van der Waals surface area contributed by atoms with Crippen LogP contribution in [0.3, 0.4) is 0 Å². The zero-order chi connectivity index (χ0) is 20.2. The van der Waals surface area contributed by atoms with Crippen molar-refractivity contribution in [3.8, 4) is 11.4 Å². The number of halogens is 1. The number of nitrogens with one attached hydrogen (secondary N) is 1. The van der Waals surface area contributed by atoms with Crippen LogP contribution in [0.4, 0.5) is 10.5 Å². The molecule has 2 amide bonds. The highest BCUT2D eigenvalue weighted by molar-refractivity contribution is 6.30. The van der Waals surface area contributed by atoms with E-state index >= 15 is 0 Å². The maximum atomic E-state index is 13.0. The number of rotatable bonds is 4. The second kappa shape index (κ2) is 8.66. The van der Waals surface area contributed by atoms with E-state index in [0.29, 0.717) is 23.3 Å². The molecular formula is C22H23ClN4O2. The largest absolute Gasteiger partial charge is 0.337 e. The molecule has 6 nitrogen and oxygen atoms in total. The van der Waals surface area contributed by atoms with Crippen LogP contribution in [0.5, 0.6) is 0 Å². The zero-order valence-corrected chi connectivity index (χ0v) is 17.0. The Hall–Kier alpha value is -2.86. The third-order valence-electron chi connectivity index (χ3n) is 5.23. The van der Waals surface area contributed by atoms with E-state index in [0.717, 1.165) is 42.5 Å². The number of urea groups is 1. The number of likely N-dealkylation sites (tertiary alicyclic amines) is 1. The van der Waals surface area contributed by atoms with Gasteiger partial charge in [0.25, 0.3) is 0 Å². The van der Waals surface area contributed by atoms with Gasteiger partial charge < -0.3 is 14.7 Å². The fraction of sp³-hybridized carbons (Fsp3) is 0.318. The van der Waals surface area contributed by atoms with E-state index in [1.165, 1.54) is 0 Å². The topological polar surface area (TPSA) is 71.3 Å². The van der Waals surface area contributed by atoms with Gasteiger partial charge in [-0.1, -0.05) is 41.9 Å². The van der Waals surface area contributed by atoms with Crippen molar-refractivity contribution in [3.05, 3.63) is 65.0 Å². The molecule has 0 spiro atoms. The van der Waals surface area contributed by atoms with Crippen LogP contribution in [-0.4, -0.2) is 27.6 Å². The normalized spacial score (nSPS) is 16.6. The predicted octanol–water partition coefficient (Wildman–Crippen LogP) is 5.71. The predicted molar refractivity (Wildman–Crippen MR) is 113 cm³/mol. The van der Waals surface area contributed by atoms with Gasteiger partial charge in [-0.15, -0.1) is 0 Å². The molecule has 0 bridgehead atoms. The van der Waals surface area contributed by atoms with Gasteiger partial charge in [0, 0.05) is 22.8 Å². The van der Waals surface area contributed by atoms with Gasteiger partial charge in [0.05, 0.1) is 0 Å². The van der Waals surface area contributed by atoms with Crippen molar-refractivity contribution in [3.63, 3.8) is 0 Å². The molecule has 3 aromatic rings. The van der Waals surface area contributed by atoms with Gasteiger partial charge in [-0.3, -0.25) is 0 Å². The molecule has 4 rings (SSSR count). The van der Waals surface area contributed by atoms with Crippen molar-refractivity contribution < 1.29 is 9.32 Å².